The zero-order valence-corrected chi connectivity index (χ0v) is 13.2. The van der Waals surface area contributed by atoms with Crippen molar-refractivity contribution in [2.24, 2.45) is 0 Å². The molecule has 0 radical (unpaired) electrons. The molecule has 8 nitrogen and oxygen atoms in total. The molecule has 21 heavy (non-hydrogen) atoms. The van der Waals surface area contributed by atoms with Gasteiger partial charge in [0.2, 0.25) is 10.0 Å². The highest BCUT2D eigenvalue weighted by molar-refractivity contribution is 7.89. The average molecular weight is 321 g/mol. The summed E-state index contributed by atoms with van der Waals surface area (Å²) in [7, 11) is -2.05. The van der Waals surface area contributed by atoms with Crippen LogP contribution in [-0.4, -0.2) is 57.2 Å². The molecule has 0 saturated carbocycles. The van der Waals surface area contributed by atoms with Crippen molar-refractivity contribution in [1.29, 1.82) is 0 Å². The topological polar surface area (TPSA) is 114 Å². The van der Waals surface area contributed by atoms with Crippen LogP contribution in [0.4, 0.5) is 0 Å². The van der Waals surface area contributed by atoms with Gasteiger partial charge < -0.3 is 14.6 Å². The molecular formula is C12H23N3O5S. The van der Waals surface area contributed by atoms with Gasteiger partial charge in [0.15, 0.2) is 0 Å². The van der Waals surface area contributed by atoms with Crippen LogP contribution in [0.1, 0.15) is 24.2 Å². The molecule has 0 aromatic carbocycles. The number of methoxy groups -OCH3 is 1. The van der Waals surface area contributed by atoms with Crippen LogP contribution in [0.3, 0.4) is 0 Å². The number of aliphatic hydroxyl groups is 1. The number of rotatable bonds is 11. The van der Waals surface area contributed by atoms with Crippen molar-refractivity contribution in [3.05, 3.63) is 11.4 Å². The number of unbranched alkanes of at least 4 members (excludes halogenated alkanes) is 1. The Bertz CT molecular complexity index is 515. The molecule has 1 aromatic heterocycles. The number of aliphatic hydroxyl groups excluding tert-OH is 1. The van der Waals surface area contributed by atoms with E-state index < -0.39 is 16.6 Å². The van der Waals surface area contributed by atoms with Gasteiger partial charge in [0, 0.05) is 20.3 Å². The molecule has 0 spiro atoms. The molecule has 0 amide bonds. The van der Waals surface area contributed by atoms with Crippen LogP contribution < -0.4 is 4.72 Å². The number of H-pyrrole nitrogens is 1. The summed E-state index contributed by atoms with van der Waals surface area (Å²) in [4.78, 5) is 0.0290. The molecule has 3 N–H and O–H groups in total. The number of ether oxygens (including phenoxy) is 2. The third kappa shape index (κ3) is 5.71. The Morgan fingerprint density at radius 1 is 1.29 bits per heavy atom. The highest BCUT2D eigenvalue weighted by atomic mass is 32.2. The van der Waals surface area contributed by atoms with Crippen LogP contribution in [0.2, 0.25) is 0 Å². The van der Waals surface area contributed by atoms with E-state index >= 15 is 0 Å². The predicted molar refractivity (Wildman–Crippen MR) is 76.4 cm³/mol. The van der Waals surface area contributed by atoms with Gasteiger partial charge in [-0.3, -0.25) is 5.10 Å². The molecule has 0 bridgehead atoms. The summed E-state index contributed by atoms with van der Waals surface area (Å²) in [5, 5.41) is 15.4. The van der Waals surface area contributed by atoms with Gasteiger partial charge in [-0.05, 0) is 19.8 Å². The lowest BCUT2D eigenvalue weighted by atomic mass is 10.3. The molecule has 0 saturated heterocycles. The monoisotopic (exact) mass is 321 g/mol. The van der Waals surface area contributed by atoms with Crippen molar-refractivity contribution >= 4 is 10.0 Å². The molecule has 1 aromatic rings. The van der Waals surface area contributed by atoms with Crippen LogP contribution >= 0.6 is 0 Å². The minimum atomic E-state index is -3.66. The molecule has 0 aliphatic heterocycles. The van der Waals surface area contributed by atoms with Gasteiger partial charge >= 0.3 is 0 Å². The first-order valence-corrected chi connectivity index (χ1v) is 8.22. The second-order valence-electron chi connectivity index (χ2n) is 4.49. The summed E-state index contributed by atoms with van der Waals surface area (Å²) in [6, 6.07) is 0. The van der Waals surface area contributed by atoms with Crippen LogP contribution in [0, 0.1) is 6.92 Å². The van der Waals surface area contributed by atoms with Gasteiger partial charge in [0.05, 0.1) is 25.5 Å². The highest BCUT2D eigenvalue weighted by Gasteiger charge is 2.23. The second-order valence-corrected chi connectivity index (χ2v) is 6.20. The van der Waals surface area contributed by atoms with Crippen molar-refractivity contribution in [3.8, 4) is 0 Å². The molecule has 0 aliphatic carbocycles. The normalized spacial score (nSPS) is 12.0. The molecule has 122 valence electrons. The molecular weight excluding hydrogens is 298 g/mol. The first kappa shape index (κ1) is 18.1. The number of aromatic amines is 1. The van der Waals surface area contributed by atoms with E-state index in [1.54, 1.807) is 14.0 Å². The minimum Gasteiger partial charge on any atom is -0.390 e. The maximum Gasteiger partial charge on any atom is 0.244 e. The summed E-state index contributed by atoms with van der Waals surface area (Å²) in [6.45, 7) is 3.15. The Labute approximate surface area is 124 Å². The largest absolute Gasteiger partial charge is 0.390 e. The van der Waals surface area contributed by atoms with E-state index in [0.29, 0.717) is 38.5 Å². The van der Waals surface area contributed by atoms with Gasteiger partial charge in [-0.25, -0.2) is 13.1 Å². The number of sulfonamides is 1. The fourth-order valence-corrected chi connectivity index (χ4v) is 3.21. The van der Waals surface area contributed by atoms with Crippen molar-refractivity contribution in [2.75, 3.05) is 33.5 Å². The molecule has 0 fully saturated rings. The first-order chi connectivity index (χ1) is 10.0. The molecule has 0 atom stereocenters. The van der Waals surface area contributed by atoms with Crippen LogP contribution in [0.15, 0.2) is 4.90 Å². The first-order valence-electron chi connectivity index (χ1n) is 6.74. The van der Waals surface area contributed by atoms with Crippen LogP contribution in [0.5, 0.6) is 0 Å². The van der Waals surface area contributed by atoms with Crippen molar-refractivity contribution in [2.45, 2.75) is 31.3 Å². The number of hydrogen-bond acceptors (Lipinski definition) is 6. The highest BCUT2D eigenvalue weighted by Crippen LogP contribution is 2.17. The molecule has 0 unspecified atom stereocenters. The molecule has 9 heteroatoms. The summed E-state index contributed by atoms with van der Waals surface area (Å²) >= 11 is 0. The lowest BCUT2D eigenvalue weighted by Crippen LogP contribution is -2.26. The van der Waals surface area contributed by atoms with E-state index in [-0.39, 0.29) is 10.6 Å². The maximum atomic E-state index is 12.1. The van der Waals surface area contributed by atoms with Gasteiger partial charge in [-0.15, -0.1) is 0 Å². The number of nitrogens with zero attached hydrogens (tertiary/aromatic N) is 1. The summed E-state index contributed by atoms with van der Waals surface area (Å²) < 4.78 is 36.9. The number of aryl methyl sites for hydroxylation is 1. The average Bonchev–Trinajstić information content (AvgIpc) is 2.83. The van der Waals surface area contributed by atoms with E-state index in [1.165, 1.54) is 0 Å². The smallest absolute Gasteiger partial charge is 0.244 e. The third-order valence-electron chi connectivity index (χ3n) is 2.82. The fourth-order valence-electron chi connectivity index (χ4n) is 1.79. The third-order valence-corrected chi connectivity index (χ3v) is 4.48. The second kappa shape index (κ2) is 9.11. The molecule has 1 rings (SSSR count). The lowest BCUT2D eigenvalue weighted by Gasteiger charge is -2.07. The molecule has 0 aliphatic rings. The predicted octanol–water partition coefficient (Wildman–Crippen LogP) is -0.0681. The molecule has 1 heterocycles. The fraction of sp³-hybridized carbons (Fsp3) is 0.750. The van der Waals surface area contributed by atoms with E-state index in [0.717, 1.165) is 6.42 Å². The summed E-state index contributed by atoms with van der Waals surface area (Å²) in [5.41, 5.74) is 0.539. The van der Waals surface area contributed by atoms with Gasteiger partial charge in [-0.1, -0.05) is 0 Å². The Hall–Kier alpha value is -1.00. The number of aromatic nitrogens is 2. The Kier molecular flexibility index (Phi) is 7.83. The Balaban J connectivity index is 2.35. The summed E-state index contributed by atoms with van der Waals surface area (Å²) in [5.74, 6) is 0. The maximum absolute atomic E-state index is 12.1. The van der Waals surface area contributed by atoms with E-state index in [2.05, 4.69) is 14.9 Å². The zero-order valence-electron chi connectivity index (χ0n) is 12.4. The van der Waals surface area contributed by atoms with E-state index in [9.17, 15) is 8.42 Å². The van der Waals surface area contributed by atoms with Crippen LogP contribution in [-0.2, 0) is 26.1 Å². The van der Waals surface area contributed by atoms with Gasteiger partial charge in [-0.2, -0.15) is 5.10 Å². The summed E-state index contributed by atoms with van der Waals surface area (Å²) in [6.07, 6.45) is 1.42. The van der Waals surface area contributed by atoms with Gasteiger partial charge in [0.25, 0.3) is 0 Å². The SMILES string of the molecule is COCCOCCCCNS(=O)(=O)c1c(CO)n[nH]c1C. The van der Waals surface area contributed by atoms with Gasteiger partial charge in [0.1, 0.15) is 10.6 Å². The number of hydrogen-bond donors (Lipinski definition) is 3. The van der Waals surface area contributed by atoms with Crippen molar-refractivity contribution in [1.82, 2.24) is 14.9 Å². The standard InChI is InChI=1S/C12H23N3O5S/c1-10-12(11(9-16)15-14-10)21(17,18)13-5-3-4-6-20-8-7-19-2/h13,16H,3-9H2,1-2H3,(H,14,15). The van der Waals surface area contributed by atoms with E-state index in [1.807, 2.05) is 0 Å². The van der Waals surface area contributed by atoms with Crippen molar-refractivity contribution in [3.63, 3.8) is 0 Å². The lowest BCUT2D eigenvalue weighted by molar-refractivity contribution is 0.0689. The quantitative estimate of drug-likeness (QED) is 0.492. The van der Waals surface area contributed by atoms with Crippen molar-refractivity contribution < 1.29 is 23.0 Å². The van der Waals surface area contributed by atoms with E-state index in [4.69, 9.17) is 14.6 Å². The van der Waals surface area contributed by atoms with Crippen LogP contribution in [0.25, 0.3) is 0 Å². The zero-order chi connectivity index (χ0) is 15.7. The number of nitrogens with one attached hydrogen (secondary N) is 2. The Morgan fingerprint density at radius 3 is 2.71 bits per heavy atom. The minimum absolute atomic E-state index is 0.0290. The Morgan fingerprint density at radius 2 is 2.05 bits per heavy atom.